The SMILES string of the molecule is COC[C@H]1O[C@@H](n2cc(C#CCNC(=O)CO)c(N)nc2=O)CC1O. The number of aliphatic hydroxyl groups is 2. The number of nitrogen functional groups attached to an aromatic ring is 1. The molecule has 136 valence electrons. The van der Waals surface area contributed by atoms with Gasteiger partial charge in [-0.05, 0) is 0 Å². The minimum absolute atomic E-state index is 0.00646. The van der Waals surface area contributed by atoms with Crippen LogP contribution in [0.25, 0.3) is 0 Å². The molecule has 3 atom stereocenters. The molecule has 0 saturated carbocycles. The number of ether oxygens (including phenoxy) is 2. The third kappa shape index (κ3) is 4.77. The lowest BCUT2D eigenvalue weighted by Crippen LogP contribution is -2.29. The predicted molar refractivity (Wildman–Crippen MR) is 86.3 cm³/mol. The fraction of sp³-hybridized carbons (Fsp3) is 0.533. The second-order valence-electron chi connectivity index (χ2n) is 5.35. The third-order valence-corrected chi connectivity index (χ3v) is 3.57. The first kappa shape index (κ1) is 18.9. The van der Waals surface area contributed by atoms with Gasteiger partial charge in [0.15, 0.2) is 0 Å². The highest BCUT2D eigenvalue weighted by molar-refractivity contribution is 5.77. The molecular formula is C15H20N4O6. The molecule has 2 rings (SSSR count). The zero-order valence-corrected chi connectivity index (χ0v) is 13.6. The number of aromatic nitrogens is 2. The van der Waals surface area contributed by atoms with Gasteiger partial charge in [-0.25, -0.2) is 4.79 Å². The summed E-state index contributed by atoms with van der Waals surface area (Å²) in [6.07, 6.45) is -0.400. The zero-order valence-electron chi connectivity index (χ0n) is 13.6. The van der Waals surface area contributed by atoms with Crippen LogP contribution in [-0.2, 0) is 14.3 Å². The fourth-order valence-corrected chi connectivity index (χ4v) is 2.32. The van der Waals surface area contributed by atoms with Crippen molar-refractivity contribution in [2.75, 3.05) is 32.6 Å². The lowest BCUT2D eigenvalue weighted by molar-refractivity contribution is -0.123. The molecule has 1 amide bonds. The summed E-state index contributed by atoms with van der Waals surface area (Å²) in [4.78, 5) is 26.7. The average molecular weight is 352 g/mol. The van der Waals surface area contributed by atoms with E-state index in [0.29, 0.717) is 0 Å². The molecule has 5 N–H and O–H groups in total. The molecule has 0 bridgehead atoms. The van der Waals surface area contributed by atoms with Crippen LogP contribution in [0.3, 0.4) is 0 Å². The van der Waals surface area contributed by atoms with Crippen molar-refractivity contribution >= 4 is 11.7 Å². The lowest BCUT2D eigenvalue weighted by atomic mass is 10.2. The van der Waals surface area contributed by atoms with Gasteiger partial charge in [0.1, 0.15) is 24.8 Å². The van der Waals surface area contributed by atoms with E-state index in [1.807, 2.05) is 0 Å². The van der Waals surface area contributed by atoms with Crippen LogP contribution in [0, 0.1) is 11.8 Å². The van der Waals surface area contributed by atoms with Gasteiger partial charge in [-0.3, -0.25) is 9.36 Å². The van der Waals surface area contributed by atoms with E-state index in [-0.39, 0.29) is 31.0 Å². The molecule has 1 saturated heterocycles. The second-order valence-corrected chi connectivity index (χ2v) is 5.35. The first-order chi connectivity index (χ1) is 12.0. The van der Waals surface area contributed by atoms with Gasteiger partial charge in [0, 0.05) is 19.7 Å². The summed E-state index contributed by atoms with van der Waals surface area (Å²) < 4.78 is 11.8. The van der Waals surface area contributed by atoms with E-state index in [0.717, 1.165) is 0 Å². The maximum absolute atomic E-state index is 12.1. The first-order valence-electron chi connectivity index (χ1n) is 7.53. The molecule has 25 heavy (non-hydrogen) atoms. The van der Waals surface area contributed by atoms with Crippen molar-refractivity contribution in [3.05, 3.63) is 22.2 Å². The van der Waals surface area contributed by atoms with E-state index in [9.17, 15) is 14.7 Å². The number of amides is 1. The molecule has 1 unspecified atom stereocenters. The van der Waals surface area contributed by atoms with E-state index in [1.165, 1.54) is 17.9 Å². The number of hydrogen-bond donors (Lipinski definition) is 4. The summed E-state index contributed by atoms with van der Waals surface area (Å²) in [5, 5.41) is 20.9. The Kier molecular flexibility index (Phi) is 6.49. The minimum atomic E-state index is -0.766. The van der Waals surface area contributed by atoms with Crippen molar-refractivity contribution in [1.82, 2.24) is 14.9 Å². The summed E-state index contributed by atoms with van der Waals surface area (Å²) >= 11 is 0. The van der Waals surface area contributed by atoms with Crippen molar-refractivity contribution < 1.29 is 24.5 Å². The van der Waals surface area contributed by atoms with Gasteiger partial charge in [-0.15, -0.1) is 0 Å². The van der Waals surface area contributed by atoms with Gasteiger partial charge in [-0.2, -0.15) is 4.98 Å². The molecule has 0 aliphatic carbocycles. The molecule has 1 aliphatic heterocycles. The van der Waals surface area contributed by atoms with Crippen LogP contribution in [0.2, 0.25) is 0 Å². The van der Waals surface area contributed by atoms with E-state index >= 15 is 0 Å². The van der Waals surface area contributed by atoms with Crippen LogP contribution >= 0.6 is 0 Å². The molecule has 10 heteroatoms. The number of nitrogens with zero attached hydrogens (tertiary/aromatic N) is 2. The van der Waals surface area contributed by atoms with E-state index in [1.54, 1.807) is 0 Å². The Morgan fingerprint density at radius 2 is 2.40 bits per heavy atom. The highest BCUT2D eigenvalue weighted by Gasteiger charge is 2.35. The molecule has 0 radical (unpaired) electrons. The largest absolute Gasteiger partial charge is 0.390 e. The summed E-state index contributed by atoms with van der Waals surface area (Å²) in [5.74, 6) is 4.74. The predicted octanol–water partition coefficient (Wildman–Crippen LogP) is -2.42. The maximum atomic E-state index is 12.1. The van der Waals surface area contributed by atoms with Crippen molar-refractivity contribution in [3.63, 3.8) is 0 Å². The van der Waals surface area contributed by atoms with Crippen LogP contribution in [0.1, 0.15) is 18.2 Å². The number of carbonyl (C=O) groups is 1. The van der Waals surface area contributed by atoms with Crippen molar-refractivity contribution in [2.45, 2.75) is 24.9 Å². The van der Waals surface area contributed by atoms with Crippen molar-refractivity contribution in [3.8, 4) is 11.8 Å². The summed E-state index contributed by atoms with van der Waals surface area (Å²) in [6.45, 7) is -0.418. The summed E-state index contributed by atoms with van der Waals surface area (Å²) in [7, 11) is 1.49. The highest BCUT2D eigenvalue weighted by atomic mass is 16.6. The number of methoxy groups -OCH3 is 1. The first-order valence-corrected chi connectivity index (χ1v) is 7.53. The van der Waals surface area contributed by atoms with Gasteiger partial charge < -0.3 is 30.7 Å². The molecule has 1 aliphatic rings. The van der Waals surface area contributed by atoms with Crippen LogP contribution in [0.5, 0.6) is 0 Å². The normalized spacial score (nSPS) is 22.3. The Hall–Kier alpha value is -2.45. The molecule has 0 spiro atoms. The van der Waals surface area contributed by atoms with Gasteiger partial charge in [0.2, 0.25) is 5.91 Å². The Bertz CT molecular complexity index is 738. The standard InChI is InChI=1S/C15H20N4O6/c1-24-8-11-10(21)5-13(25-11)19-6-9(14(16)18-15(19)23)3-2-4-17-12(22)7-20/h6,10-11,13,20-21H,4-5,7-8H2,1H3,(H,17,22)(H2,16,18,23)/t10?,11-,13-/m1/s1. The van der Waals surface area contributed by atoms with Crippen LogP contribution < -0.4 is 16.7 Å². The molecule has 1 fully saturated rings. The summed E-state index contributed by atoms with van der Waals surface area (Å²) in [5.41, 5.74) is 5.36. The molecule has 10 nitrogen and oxygen atoms in total. The number of carbonyl (C=O) groups excluding carboxylic acids is 1. The lowest BCUT2D eigenvalue weighted by Gasteiger charge is -2.15. The zero-order chi connectivity index (χ0) is 18.4. The number of nitrogens with two attached hydrogens (primary N) is 1. The van der Waals surface area contributed by atoms with Crippen LogP contribution in [0.4, 0.5) is 5.82 Å². The Labute approximate surface area is 143 Å². The number of anilines is 1. The Morgan fingerprint density at radius 3 is 3.08 bits per heavy atom. The molecule has 1 aromatic rings. The fourth-order valence-electron chi connectivity index (χ4n) is 2.32. The van der Waals surface area contributed by atoms with Gasteiger partial charge in [0.05, 0.1) is 24.8 Å². The van der Waals surface area contributed by atoms with Gasteiger partial charge in [-0.1, -0.05) is 11.8 Å². The van der Waals surface area contributed by atoms with E-state index in [4.69, 9.17) is 20.3 Å². The third-order valence-electron chi connectivity index (χ3n) is 3.57. The quantitative estimate of drug-likeness (QED) is 0.428. The van der Waals surface area contributed by atoms with E-state index < -0.39 is 36.6 Å². The topological polar surface area (TPSA) is 149 Å². The Morgan fingerprint density at radius 1 is 1.64 bits per heavy atom. The molecular weight excluding hydrogens is 332 g/mol. The number of nitrogens with one attached hydrogen (secondary N) is 1. The van der Waals surface area contributed by atoms with Crippen LogP contribution in [0.15, 0.2) is 11.0 Å². The highest BCUT2D eigenvalue weighted by Crippen LogP contribution is 2.28. The van der Waals surface area contributed by atoms with Gasteiger partial charge >= 0.3 is 5.69 Å². The van der Waals surface area contributed by atoms with Gasteiger partial charge in [0.25, 0.3) is 0 Å². The second kappa shape index (κ2) is 8.59. The molecule has 0 aromatic carbocycles. The monoisotopic (exact) mass is 352 g/mol. The van der Waals surface area contributed by atoms with Crippen molar-refractivity contribution in [2.24, 2.45) is 0 Å². The van der Waals surface area contributed by atoms with Crippen molar-refractivity contribution in [1.29, 1.82) is 0 Å². The average Bonchev–Trinajstić information content (AvgIpc) is 2.94. The smallest absolute Gasteiger partial charge is 0.351 e. The number of rotatable bonds is 5. The van der Waals surface area contributed by atoms with E-state index in [2.05, 4.69) is 22.1 Å². The number of aliphatic hydroxyl groups excluding tert-OH is 2. The molecule has 1 aromatic heterocycles. The number of hydrogen-bond acceptors (Lipinski definition) is 8. The maximum Gasteiger partial charge on any atom is 0.351 e. The minimum Gasteiger partial charge on any atom is -0.390 e. The molecule has 2 heterocycles. The van der Waals surface area contributed by atoms with Crippen LogP contribution in [-0.4, -0.2) is 64.7 Å². The summed E-state index contributed by atoms with van der Waals surface area (Å²) in [6, 6.07) is 0. The Balaban J connectivity index is 2.17.